The van der Waals surface area contributed by atoms with Crippen LogP contribution < -0.4 is 0 Å². The van der Waals surface area contributed by atoms with Crippen LogP contribution in [0.3, 0.4) is 0 Å². The summed E-state index contributed by atoms with van der Waals surface area (Å²) in [7, 11) is 0. The summed E-state index contributed by atoms with van der Waals surface area (Å²) in [5.74, 6) is 0. The zero-order chi connectivity index (χ0) is 36.0. The van der Waals surface area contributed by atoms with Crippen molar-refractivity contribution < 1.29 is 0 Å². The van der Waals surface area contributed by atoms with E-state index < -0.39 is 0 Å². The summed E-state index contributed by atoms with van der Waals surface area (Å²) in [6, 6.07) is 42.0. The maximum atomic E-state index is 3.98. The zero-order valence-corrected chi connectivity index (χ0v) is 31.5. The summed E-state index contributed by atoms with van der Waals surface area (Å²) < 4.78 is 0. The van der Waals surface area contributed by atoms with Gasteiger partial charge in [-0.3, -0.25) is 0 Å². The Morgan fingerprint density at radius 3 is 1.88 bits per heavy atom. The van der Waals surface area contributed by atoms with Crippen LogP contribution in [0.25, 0.3) is 49.7 Å². The number of hydrogen-bond acceptors (Lipinski definition) is 0. The van der Waals surface area contributed by atoms with Gasteiger partial charge in [0.2, 0.25) is 0 Å². The van der Waals surface area contributed by atoms with Crippen molar-refractivity contribution in [2.75, 3.05) is 0 Å². The Hall–Kier alpha value is -5.20. The van der Waals surface area contributed by atoms with Gasteiger partial charge in [-0.2, -0.15) is 0 Å². The smallest absolute Gasteiger partial charge is 0.0159 e. The molecular weight excluding hydrogens is 613 g/mol. The van der Waals surface area contributed by atoms with Crippen molar-refractivity contribution >= 4 is 16.3 Å². The van der Waals surface area contributed by atoms with Crippen molar-refractivity contribution in [3.63, 3.8) is 0 Å². The molecule has 0 radical (unpaired) electrons. The molecule has 0 spiro atoms. The maximum absolute atomic E-state index is 3.98. The first-order valence-corrected chi connectivity index (χ1v) is 18.0. The molecule has 260 valence electrons. The molecule has 0 N–H and O–H groups in total. The van der Waals surface area contributed by atoms with Crippen LogP contribution in [0.2, 0.25) is 0 Å². The first kappa shape index (κ1) is 38.6. The van der Waals surface area contributed by atoms with E-state index in [0.29, 0.717) is 0 Å². The van der Waals surface area contributed by atoms with Gasteiger partial charge in [0.25, 0.3) is 0 Å². The van der Waals surface area contributed by atoms with E-state index in [1.54, 1.807) is 0 Å². The van der Waals surface area contributed by atoms with Gasteiger partial charge in [-0.1, -0.05) is 175 Å². The highest BCUT2D eigenvalue weighted by molar-refractivity contribution is 6.03. The van der Waals surface area contributed by atoms with Crippen molar-refractivity contribution in [2.24, 2.45) is 0 Å². The second-order valence-electron chi connectivity index (χ2n) is 13.6. The monoisotopic (exact) mass is 668 g/mol. The Labute approximate surface area is 308 Å². The van der Waals surface area contributed by atoms with Crippen LogP contribution in [0.15, 0.2) is 146 Å². The van der Waals surface area contributed by atoms with Crippen molar-refractivity contribution in [1.29, 1.82) is 0 Å². The minimum atomic E-state index is 0. The summed E-state index contributed by atoms with van der Waals surface area (Å²) in [6.45, 7) is 23.5. The molecule has 0 aromatic heterocycles. The van der Waals surface area contributed by atoms with Crippen LogP contribution in [0.1, 0.15) is 81.0 Å². The van der Waals surface area contributed by atoms with Crippen LogP contribution in [-0.2, 0) is 5.41 Å². The number of benzene rings is 6. The van der Waals surface area contributed by atoms with Gasteiger partial charge in [-0.15, -0.1) is 0 Å². The molecule has 1 aliphatic rings. The number of rotatable bonds is 5. The van der Waals surface area contributed by atoms with E-state index in [2.05, 4.69) is 176 Å². The van der Waals surface area contributed by atoms with E-state index in [1.165, 1.54) is 83.1 Å². The van der Waals surface area contributed by atoms with Gasteiger partial charge in [-0.05, 0) is 130 Å². The Balaban J connectivity index is 0.000000219. The van der Waals surface area contributed by atoms with Crippen molar-refractivity contribution in [1.82, 2.24) is 0 Å². The summed E-state index contributed by atoms with van der Waals surface area (Å²) in [5.41, 5.74) is 18.5. The van der Waals surface area contributed by atoms with Crippen molar-refractivity contribution in [3.05, 3.63) is 185 Å². The minimum Gasteiger partial charge on any atom is -0.0984 e. The van der Waals surface area contributed by atoms with Crippen LogP contribution in [0.5, 0.6) is 0 Å². The normalized spacial score (nSPS) is 12.5. The first-order valence-electron chi connectivity index (χ1n) is 18.0. The third kappa shape index (κ3) is 7.77. The summed E-state index contributed by atoms with van der Waals surface area (Å²) in [4.78, 5) is 0. The van der Waals surface area contributed by atoms with Crippen LogP contribution in [0.4, 0.5) is 0 Å². The Kier molecular flexibility index (Phi) is 12.6. The van der Waals surface area contributed by atoms with E-state index >= 15 is 0 Å². The summed E-state index contributed by atoms with van der Waals surface area (Å²) in [6.07, 6.45) is 8.11. The second-order valence-corrected chi connectivity index (χ2v) is 13.6. The van der Waals surface area contributed by atoms with Gasteiger partial charge in [0.1, 0.15) is 0 Å². The molecule has 0 bridgehead atoms. The molecule has 6 aromatic carbocycles. The molecular formula is C51H56. The average Bonchev–Trinajstić information content (AvgIpc) is 3.36. The molecule has 0 saturated heterocycles. The fourth-order valence-corrected chi connectivity index (χ4v) is 7.17. The molecule has 0 amide bonds. The van der Waals surface area contributed by atoms with Crippen LogP contribution in [0, 0.1) is 27.7 Å². The molecule has 7 rings (SSSR count). The van der Waals surface area contributed by atoms with Gasteiger partial charge < -0.3 is 0 Å². The molecule has 51 heavy (non-hydrogen) atoms. The molecule has 0 nitrogen and oxygen atoms in total. The molecule has 0 heteroatoms. The second kappa shape index (κ2) is 16.7. The third-order valence-corrected chi connectivity index (χ3v) is 9.94. The molecule has 0 atom stereocenters. The SMILES string of the molecule is C.C=C/C(=C\C=C/C)c1ccc(C)c(-c2cc(-c3ccccc3)ccc2C)c1.CC.Cc1ccc2c(c1)C(C)(C)c1cc(C)c3ccccc3c1-2. The molecule has 6 aromatic rings. The Morgan fingerprint density at radius 2 is 1.22 bits per heavy atom. The number of hydrogen-bond donors (Lipinski definition) is 0. The number of aryl methyl sites for hydroxylation is 4. The highest BCUT2D eigenvalue weighted by atomic mass is 14.4. The lowest BCUT2D eigenvalue weighted by Gasteiger charge is -2.22. The molecule has 0 aliphatic heterocycles. The van der Waals surface area contributed by atoms with Crippen molar-refractivity contribution in [3.8, 4) is 33.4 Å². The molecule has 0 fully saturated rings. The molecule has 0 saturated carbocycles. The fraction of sp³-hybridized carbons (Fsp3) is 0.216. The molecule has 0 unspecified atom stereocenters. The Morgan fingerprint density at radius 1 is 0.588 bits per heavy atom. The van der Waals surface area contributed by atoms with E-state index in [9.17, 15) is 0 Å². The van der Waals surface area contributed by atoms with E-state index in [-0.39, 0.29) is 12.8 Å². The fourth-order valence-electron chi connectivity index (χ4n) is 7.17. The lowest BCUT2D eigenvalue weighted by atomic mass is 9.81. The average molecular weight is 669 g/mol. The van der Waals surface area contributed by atoms with Crippen LogP contribution in [-0.4, -0.2) is 0 Å². The summed E-state index contributed by atoms with van der Waals surface area (Å²) in [5, 5.41) is 2.77. The van der Waals surface area contributed by atoms with Gasteiger partial charge >= 0.3 is 0 Å². The van der Waals surface area contributed by atoms with Crippen molar-refractivity contribution in [2.45, 2.75) is 75.2 Å². The largest absolute Gasteiger partial charge is 0.0984 e. The van der Waals surface area contributed by atoms with E-state index in [0.717, 1.165) is 5.57 Å². The predicted molar refractivity (Wildman–Crippen MR) is 229 cm³/mol. The van der Waals surface area contributed by atoms with E-state index in [1.807, 2.05) is 32.9 Å². The van der Waals surface area contributed by atoms with E-state index in [4.69, 9.17) is 0 Å². The van der Waals surface area contributed by atoms with Gasteiger partial charge in [0.05, 0.1) is 0 Å². The quantitative estimate of drug-likeness (QED) is 0.160. The topological polar surface area (TPSA) is 0 Å². The molecule has 1 aliphatic carbocycles. The zero-order valence-electron chi connectivity index (χ0n) is 31.5. The van der Waals surface area contributed by atoms with Gasteiger partial charge in [0, 0.05) is 5.41 Å². The van der Waals surface area contributed by atoms with Gasteiger partial charge in [-0.25, -0.2) is 0 Å². The predicted octanol–water partition coefficient (Wildman–Crippen LogP) is 15.2. The minimum absolute atomic E-state index is 0. The third-order valence-electron chi connectivity index (χ3n) is 9.94. The number of fused-ring (bicyclic) bond motifs is 5. The number of allylic oxidation sites excluding steroid dienone is 5. The first-order chi connectivity index (χ1) is 24.1. The lowest BCUT2D eigenvalue weighted by molar-refractivity contribution is 0.659. The summed E-state index contributed by atoms with van der Waals surface area (Å²) >= 11 is 0. The van der Waals surface area contributed by atoms with Crippen LogP contribution >= 0.6 is 0 Å². The van der Waals surface area contributed by atoms with Gasteiger partial charge in [0.15, 0.2) is 0 Å². The highest BCUT2D eigenvalue weighted by Crippen LogP contribution is 2.52. The maximum Gasteiger partial charge on any atom is 0.0159 e. The standard InChI is InChI=1S/C27H26.C21H20.C2H6.CH4/c1-5-7-11-22(6-2)24-16-14-20(3)26(18-24)27-19-25(17-15-21(27)4)23-12-9-8-10-13-23;1-13-9-10-17-18(11-13)21(3,4)19-12-14(2)15-7-5-6-8-16(15)20(17)19;1-2;/h5-19H,2H2,1,3-4H3;5-12H,1-4H3;1-2H3;1H4/b7-5-,22-11+;;;. The lowest BCUT2D eigenvalue weighted by Crippen LogP contribution is -2.15. The Bertz CT molecular complexity index is 2200. The highest BCUT2D eigenvalue weighted by Gasteiger charge is 2.36. The molecule has 0 heterocycles.